The van der Waals surface area contributed by atoms with Crippen molar-refractivity contribution >= 4 is 35.3 Å². The number of anilines is 1. The van der Waals surface area contributed by atoms with Gasteiger partial charge in [-0.15, -0.1) is 0 Å². The Morgan fingerprint density at radius 2 is 1.65 bits per heavy atom. The van der Waals surface area contributed by atoms with Crippen molar-refractivity contribution in [2.45, 2.75) is 6.61 Å². The Labute approximate surface area is 192 Å². The Morgan fingerprint density at radius 3 is 2.32 bits per heavy atom. The predicted molar refractivity (Wildman–Crippen MR) is 119 cm³/mol. The zero-order valence-electron chi connectivity index (χ0n) is 17.4. The van der Waals surface area contributed by atoms with Gasteiger partial charge in [0.15, 0.2) is 0 Å². The molecule has 0 spiro atoms. The fraction of sp³-hybridized carbons (Fsp3) is 0.0417. The summed E-state index contributed by atoms with van der Waals surface area (Å²) in [6, 6.07) is 16.2. The smallest absolute Gasteiger partial charge is 0.335 e. The molecule has 0 aliphatic carbocycles. The first-order valence-electron chi connectivity index (χ1n) is 9.95. The number of halogens is 1. The number of hydrogen-bond acceptors (Lipinski definition) is 6. The monoisotopic (exact) mass is 461 g/mol. The van der Waals surface area contributed by atoms with Crippen molar-refractivity contribution < 1.29 is 28.4 Å². The summed E-state index contributed by atoms with van der Waals surface area (Å²) in [4.78, 5) is 48.8. The molecular formula is C24H16FN3O6. The number of ether oxygens (including phenoxy) is 1. The number of rotatable bonds is 6. The van der Waals surface area contributed by atoms with E-state index in [1.54, 1.807) is 36.4 Å². The second kappa shape index (κ2) is 9.33. The molecule has 1 aliphatic heterocycles. The van der Waals surface area contributed by atoms with Crippen molar-refractivity contribution in [3.63, 3.8) is 0 Å². The Balaban J connectivity index is 1.62. The lowest BCUT2D eigenvalue weighted by atomic mass is 10.1. The lowest BCUT2D eigenvalue weighted by Crippen LogP contribution is -2.54. The summed E-state index contributed by atoms with van der Waals surface area (Å²) in [6.07, 6.45) is 1.29. The van der Waals surface area contributed by atoms with Gasteiger partial charge in [0.2, 0.25) is 0 Å². The molecular weight excluding hydrogens is 445 g/mol. The Kier molecular flexibility index (Phi) is 6.13. The van der Waals surface area contributed by atoms with Crippen LogP contribution in [0.1, 0.15) is 11.1 Å². The van der Waals surface area contributed by atoms with Gasteiger partial charge in [-0.25, -0.2) is 14.1 Å². The molecule has 170 valence electrons. The molecule has 4 amide bonds. The van der Waals surface area contributed by atoms with Crippen molar-refractivity contribution in [3.05, 3.63) is 105 Å². The van der Waals surface area contributed by atoms with Crippen LogP contribution in [0.3, 0.4) is 0 Å². The van der Waals surface area contributed by atoms with E-state index in [2.05, 4.69) is 5.32 Å². The quantitative estimate of drug-likeness (QED) is 0.257. The summed E-state index contributed by atoms with van der Waals surface area (Å²) in [5, 5.41) is 13.0. The number of imide groups is 2. The van der Waals surface area contributed by atoms with Crippen LogP contribution in [0.25, 0.3) is 6.08 Å². The number of urea groups is 1. The number of nitro benzene ring substituents is 1. The summed E-state index contributed by atoms with van der Waals surface area (Å²) in [7, 11) is 0. The third-order valence-electron chi connectivity index (χ3n) is 4.95. The predicted octanol–water partition coefficient (Wildman–Crippen LogP) is 3.98. The number of para-hydroxylation sites is 1. The molecule has 34 heavy (non-hydrogen) atoms. The minimum absolute atomic E-state index is 0.0624. The number of carbonyl (C=O) groups excluding carboxylic acids is 3. The normalized spacial score (nSPS) is 14.8. The highest BCUT2D eigenvalue weighted by Gasteiger charge is 2.37. The molecule has 3 aromatic rings. The molecule has 0 bridgehead atoms. The first-order chi connectivity index (χ1) is 16.3. The minimum atomic E-state index is -0.971. The maximum Gasteiger partial charge on any atom is 0.335 e. The molecule has 1 heterocycles. The maximum atomic E-state index is 13.1. The highest BCUT2D eigenvalue weighted by atomic mass is 19.1. The number of amides is 4. The van der Waals surface area contributed by atoms with Gasteiger partial charge in [-0.1, -0.05) is 30.3 Å². The summed E-state index contributed by atoms with van der Waals surface area (Å²) >= 11 is 0. The van der Waals surface area contributed by atoms with E-state index < -0.39 is 22.8 Å². The topological polar surface area (TPSA) is 119 Å². The van der Waals surface area contributed by atoms with Gasteiger partial charge >= 0.3 is 6.03 Å². The minimum Gasteiger partial charge on any atom is -0.488 e. The fourth-order valence-corrected chi connectivity index (χ4v) is 3.24. The summed E-state index contributed by atoms with van der Waals surface area (Å²) < 4.78 is 18.9. The Hall–Kier alpha value is -4.86. The van der Waals surface area contributed by atoms with E-state index in [9.17, 15) is 28.9 Å². The molecule has 10 heteroatoms. The molecule has 4 rings (SSSR count). The molecule has 0 unspecified atom stereocenters. The van der Waals surface area contributed by atoms with E-state index in [0.717, 1.165) is 17.0 Å². The van der Waals surface area contributed by atoms with Crippen LogP contribution in [-0.2, 0) is 16.2 Å². The van der Waals surface area contributed by atoms with E-state index in [-0.39, 0.29) is 29.4 Å². The number of non-ortho nitro benzene ring substituents is 1. The zero-order valence-corrected chi connectivity index (χ0v) is 17.4. The zero-order chi connectivity index (χ0) is 24.2. The van der Waals surface area contributed by atoms with Crippen LogP contribution in [0, 0.1) is 15.9 Å². The van der Waals surface area contributed by atoms with Gasteiger partial charge in [-0.05, 0) is 42.0 Å². The average Bonchev–Trinajstić information content (AvgIpc) is 2.82. The number of benzene rings is 3. The van der Waals surface area contributed by atoms with Crippen molar-refractivity contribution in [2.24, 2.45) is 0 Å². The summed E-state index contributed by atoms with van der Waals surface area (Å²) in [5.41, 5.74) is 0.641. The molecule has 9 nitrogen and oxygen atoms in total. The van der Waals surface area contributed by atoms with Gasteiger partial charge < -0.3 is 4.74 Å². The number of nitrogens with one attached hydrogen (secondary N) is 1. The Morgan fingerprint density at radius 1 is 0.971 bits per heavy atom. The standard InChI is InChI=1S/C24H16FN3O6/c25-17-7-5-15(6-8-17)14-34-21-4-2-1-3-16(21)13-20-22(29)26-24(31)27(23(20)30)18-9-11-19(12-10-18)28(32)33/h1-13H,14H2,(H,26,29,31)/b20-13+. The first-order valence-corrected chi connectivity index (χ1v) is 9.95. The van der Waals surface area contributed by atoms with Crippen LogP contribution in [0.5, 0.6) is 5.75 Å². The third kappa shape index (κ3) is 4.65. The lowest BCUT2D eigenvalue weighted by molar-refractivity contribution is -0.384. The van der Waals surface area contributed by atoms with Crippen LogP contribution in [0.4, 0.5) is 20.6 Å². The van der Waals surface area contributed by atoms with E-state index in [1.165, 1.54) is 30.3 Å². The van der Waals surface area contributed by atoms with Crippen LogP contribution >= 0.6 is 0 Å². The summed E-state index contributed by atoms with van der Waals surface area (Å²) in [5.74, 6) is -1.79. The van der Waals surface area contributed by atoms with E-state index in [0.29, 0.717) is 16.9 Å². The molecule has 0 aromatic heterocycles. The number of carbonyl (C=O) groups is 3. The second-order valence-corrected chi connectivity index (χ2v) is 7.18. The molecule has 3 aromatic carbocycles. The fourth-order valence-electron chi connectivity index (χ4n) is 3.24. The Bertz CT molecular complexity index is 1320. The van der Waals surface area contributed by atoms with Crippen molar-refractivity contribution in [1.29, 1.82) is 0 Å². The van der Waals surface area contributed by atoms with Gasteiger partial charge in [0.05, 0.1) is 10.6 Å². The molecule has 0 saturated carbocycles. The van der Waals surface area contributed by atoms with E-state index in [4.69, 9.17) is 4.74 Å². The van der Waals surface area contributed by atoms with Crippen molar-refractivity contribution in [2.75, 3.05) is 4.90 Å². The second-order valence-electron chi connectivity index (χ2n) is 7.18. The number of barbiturate groups is 1. The molecule has 0 radical (unpaired) electrons. The lowest BCUT2D eigenvalue weighted by Gasteiger charge is -2.26. The van der Waals surface area contributed by atoms with Crippen molar-refractivity contribution in [3.8, 4) is 5.75 Å². The van der Waals surface area contributed by atoms with E-state index in [1.807, 2.05) is 0 Å². The number of hydrogen-bond donors (Lipinski definition) is 1. The van der Waals surface area contributed by atoms with Gasteiger partial charge in [0.1, 0.15) is 23.7 Å². The number of nitrogens with zero attached hydrogens (tertiary/aromatic N) is 2. The largest absolute Gasteiger partial charge is 0.488 e. The van der Waals surface area contributed by atoms with Crippen LogP contribution < -0.4 is 15.0 Å². The number of nitro groups is 1. The summed E-state index contributed by atoms with van der Waals surface area (Å²) in [6.45, 7) is 0.119. The molecule has 1 fully saturated rings. The average molecular weight is 461 g/mol. The van der Waals surface area contributed by atoms with Gasteiger partial charge in [-0.2, -0.15) is 0 Å². The van der Waals surface area contributed by atoms with Gasteiger partial charge in [0, 0.05) is 17.7 Å². The van der Waals surface area contributed by atoms with Crippen LogP contribution in [-0.4, -0.2) is 22.8 Å². The highest BCUT2D eigenvalue weighted by Crippen LogP contribution is 2.27. The van der Waals surface area contributed by atoms with Gasteiger partial charge in [-0.3, -0.25) is 25.0 Å². The molecule has 1 aliphatic rings. The van der Waals surface area contributed by atoms with Crippen molar-refractivity contribution in [1.82, 2.24) is 5.32 Å². The highest BCUT2D eigenvalue weighted by molar-refractivity contribution is 6.39. The first kappa shape index (κ1) is 22.3. The maximum absolute atomic E-state index is 13.1. The van der Waals surface area contributed by atoms with E-state index >= 15 is 0 Å². The molecule has 1 saturated heterocycles. The third-order valence-corrected chi connectivity index (χ3v) is 4.95. The molecule has 1 N–H and O–H groups in total. The van der Waals surface area contributed by atoms with Gasteiger partial charge in [0.25, 0.3) is 17.5 Å². The SMILES string of the molecule is O=C1NC(=O)N(c2ccc([N+](=O)[O-])cc2)C(=O)/C1=C/c1ccccc1OCc1ccc(F)cc1. The van der Waals surface area contributed by atoms with Crippen LogP contribution in [0.2, 0.25) is 0 Å². The molecule has 0 atom stereocenters. The van der Waals surface area contributed by atoms with Crippen LogP contribution in [0.15, 0.2) is 78.4 Å².